The van der Waals surface area contributed by atoms with Crippen molar-refractivity contribution in [3.63, 3.8) is 0 Å². The molecule has 14 heteroatoms. The van der Waals surface area contributed by atoms with Gasteiger partial charge >= 0.3 is 6.18 Å². The van der Waals surface area contributed by atoms with Crippen LogP contribution in [0, 0.1) is 6.07 Å². The molecule has 5 heterocycles. The number of alkyl halides is 3. The van der Waals surface area contributed by atoms with E-state index in [1.165, 1.54) is 48.5 Å². The maximum atomic E-state index is 12.5. The molecule has 1 aliphatic heterocycles. The Kier molecular flexibility index (Phi) is 23.9. The summed E-state index contributed by atoms with van der Waals surface area (Å²) in [6.07, 6.45) is -0.977. The zero-order chi connectivity index (χ0) is 62.0. The van der Waals surface area contributed by atoms with Gasteiger partial charge in [0.2, 0.25) is 5.69 Å². The third kappa shape index (κ3) is 17.7. The molecule has 90 heavy (non-hydrogen) atoms. The Morgan fingerprint density at radius 3 is 1.48 bits per heavy atom. The Morgan fingerprint density at radius 1 is 0.533 bits per heavy atom. The second-order valence-electron chi connectivity index (χ2n) is 23.1. The van der Waals surface area contributed by atoms with Crippen molar-refractivity contribution in [3.8, 4) is 67.9 Å². The summed E-state index contributed by atoms with van der Waals surface area (Å²) >= 11 is 0. The number of phenolic OH excluding ortho intramolecular Hbond substituents is 2. The van der Waals surface area contributed by atoms with Crippen molar-refractivity contribution >= 4 is 33.7 Å². The predicted octanol–water partition coefficient (Wildman–Crippen LogP) is 19.3. The molecule has 4 aromatic heterocycles. The molecular formula is C76H72F3IrN5O4Pt. The number of rotatable bonds is 8. The number of aliphatic hydroxyl groups is 1. The van der Waals surface area contributed by atoms with E-state index in [0.29, 0.717) is 33.8 Å². The summed E-state index contributed by atoms with van der Waals surface area (Å²) in [7, 11) is 0. The fourth-order valence-corrected chi connectivity index (χ4v) is 9.84. The predicted molar refractivity (Wildman–Crippen MR) is 350 cm³/mol. The molecule has 1 radical (unpaired) electrons. The summed E-state index contributed by atoms with van der Waals surface area (Å²) in [5.41, 5.74) is 14.9. The number of carbonyl (C=O) groups is 1. The normalized spacial score (nSPS) is 11.4. The van der Waals surface area contributed by atoms with Gasteiger partial charge in [-0.1, -0.05) is 158 Å². The van der Waals surface area contributed by atoms with E-state index in [2.05, 4.69) is 177 Å². The molecule has 0 unspecified atom stereocenters. The van der Waals surface area contributed by atoms with Gasteiger partial charge in [0.05, 0.1) is 45.3 Å². The average Bonchev–Trinajstić information content (AvgIpc) is 1.51. The average molecular weight is 1560 g/mol. The molecule has 11 aromatic rings. The van der Waals surface area contributed by atoms with Crippen molar-refractivity contribution in [3.05, 3.63) is 271 Å². The summed E-state index contributed by atoms with van der Waals surface area (Å²) in [4.78, 5) is 26.6. The van der Waals surface area contributed by atoms with Gasteiger partial charge in [0.15, 0.2) is 18.5 Å². The molecule has 1 aliphatic rings. The molecular weight excluding hydrogens is 1490 g/mol. The van der Waals surface area contributed by atoms with Crippen LogP contribution in [-0.4, -0.2) is 36.1 Å². The first-order chi connectivity index (χ1) is 41.5. The number of aromatic nitrogens is 4. The van der Waals surface area contributed by atoms with E-state index in [1.54, 1.807) is 30.3 Å². The fraction of sp³-hybridized carbons (Fsp3) is 0.171. The van der Waals surface area contributed by atoms with Gasteiger partial charge in [-0.25, -0.2) is 9.97 Å². The third-order valence-electron chi connectivity index (χ3n) is 14.4. The molecule has 7 aromatic carbocycles. The van der Waals surface area contributed by atoms with Crippen molar-refractivity contribution < 1.29 is 79.0 Å². The topological polar surface area (TPSA) is 124 Å². The molecule has 0 atom stereocenters. The number of ketones is 1. The minimum Gasteiger partial charge on any atom is -0.512 e. The molecule has 0 amide bonds. The van der Waals surface area contributed by atoms with Crippen molar-refractivity contribution in [2.45, 2.75) is 86.4 Å². The first kappa shape index (κ1) is 70.2. The molecule has 0 spiro atoms. The Morgan fingerprint density at radius 2 is 1.01 bits per heavy atom. The second kappa shape index (κ2) is 30.6. The van der Waals surface area contributed by atoms with Crippen LogP contribution >= 0.6 is 0 Å². The Bertz CT molecular complexity index is 4100. The van der Waals surface area contributed by atoms with Crippen LogP contribution in [0.25, 0.3) is 67.3 Å². The minimum atomic E-state index is -4.34. The quantitative estimate of drug-likeness (QED) is 0.0595. The van der Waals surface area contributed by atoms with E-state index in [4.69, 9.17) is 15.1 Å². The molecule has 3 N–H and O–H groups in total. The summed E-state index contributed by atoms with van der Waals surface area (Å²) in [6.45, 7) is 16.8. The molecule has 0 bridgehead atoms. The van der Waals surface area contributed by atoms with Crippen LogP contribution in [0.5, 0.6) is 11.5 Å². The maximum absolute atomic E-state index is 12.5. The van der Waals surface area contributed by atoms with E-state index in [9.17, 15) is 28.2 Å². The summed E-state index contributed by atoms with van der Waals surface area (Å²) in [6, 6.07) is 74.3. The van der Waals surface area contributed by atoms with Gasteiger partial charge < -0.3 is 20.2 Å². The van der Waals surface area contributed by atoms with Crippen molar-refractivity contribution in [2.75, 3.05) is 4.90 Å². The number of hydrogen-bond acceptors (Lipinski definition) is 8. The number of aliphatic hydroxyl groups excluding tert-OH is 1. The number of carbonyl (C=O) groups excluding carboxylic acids is 1. The standard InChI is InChI=1S/C30H32N2O2.C24H19N2.C16H9F3N.C5H8O2.CH4.Ir.Pt/c1-29(2,3)19-15-23(21-11-7-9-13-27(21)33)31-25(17-19)26-18-20(30(4,5)6)16-24(32-26)22-12-8-10-14-28(22)34;1-3-10-20(11-4-1)26(21-12-5-2-6-13-21)22-15-16-25-18-19-9-7-8-14-23(19)24(25)17-22;17-16(18,19)13-8-5-12(6-9-13)15-10-7-11-3-1-2-4-14(11)20-15;1-4(6)3-5(2)7;;;/h7-18,33-34H,1-6H3;1-17H,18H2;1-5,7-10H;3,6H,1-2H3;1H4;;/q;+1;-1;;;;. The Balaban J connectivity index is 0.000000206. The minimum absolute atomic E-state index is 0. The van der Waals surface area contributed by atoms with E-state index >= 15 is 0 Å². The van der Waals surface area contributed by atoms with Gasteiger partial charge in [-0.05, 0) is 137 Å². The molecule has 9 nitrogen and oxygen atoms in total. The number of anilines is 3. The molecule has 0 aliphatic carbocycles. The van der Waals surface area contributed by atoms with E-state index in [1.807, 2.05) is 66.7 Å². The first-order valence-electron chi connectivity index (χ1n) is 28.5. The van der Waals surface area contributed by atoms with E-state index in [-0.39, 0.29) is 82.5 Å². The summed E-state index contributed by atoms with van der Waals surface area (Å²) in [5, 5.41) is 30.4. The molecule has 12 rings (SSSR count). The van der Waals surface area contributed by atoms with Crippen LogP contribution < -0.4 is 9.47 Å². The number of pyridine rings is 4. The van der Waals surface area contributed by atoms with Crippen LogP contribution in [0.3, 0.4) is 0 Å². The zero-order valence-corrected chi connectivity index (χ0v) is 55.2. The van der Waals surface area contributed by atoms with Gasteiger partial charge in [-0.3, -0.25) is 9.78 Å². The first-order valence-corrected chi connectivity index (χ1v) is 28.5. The van der Waals surface area contributed by atoms with Crippen LogP contribution in [-0.2, 0) is 69.5 Å². The summed E-state index contributed by atoms with van der Waals surface area (Å²) in [5.74, 6) is 0.323. The number of benzene rings is 7. The maximum Gasteiger partial charge on any atom is 0.381 e. The zero-order valence-electron chi connectivity index (χ0n) is 50.5. The second-order valence-corrected chi connectivity index (χ2v) is 23.1. The van der Waals surface area contributed by atoms with Crippen molar-refractivity contribution in [2.24, 2.45) is 0 Å². The number of hydrogen-bond donors (Lipinski definition) is 3. The largest absolute Gasteiger partial charge is 0.512 e. The molecule has 465 valence electrons. The van der Waals surface area contributed by atoms with Crippen molar-refractivity contribution in [1.29, 1.82) is 0 Å². The van der Waals surface area contributed by atoms with Gasteiger partial charge in [0, 0.05) is 87.4 Å². The number of nitrogens with zero attached hydrogens (tertiary/aromatic N) is 5. The van der Waals surface area contributed by atoms with Crippen LogP contribution in [0.4, 0.5) is 30.2 Å². The third-order valence-corrected chi connectivity index (χ3v) is 14.4. The molecule has 0 fully saturated rings. The number of para-hydroxylation sites is 5. The molecule has 0 saturated carbocycles. The van der Waals surface area contributed by atoms with E-state index in [0.717, 1.165) is 63.5 Å². The van der Waals surface area contributed by atoms with E-state index < -0.39 is 11.7 Å². The number of halogens is 3. The van der Waals surface area contributed by atoms with Crippen LogP contribution in [0.15, 0.2) is 242 Å². The Hall–Kier alpha value is -8.86. The van der Waals surface area contributed by atoms with Crippen LogP contribution in [0.2, 0.25) is 0 Å². The number of phenols is 2. The Labute approximate surface area is 554 Å². The fourth-order valence-electron chi connectivity index (χ4n) is 9.84. The summed E-state index contributed by atoms with van der Waals surface area (Å²) < 4.78 is 39.8. The van der Waals surface area contributed by atoms with Gasteiger partial charge in [-0.15, -0.1) is 29.8 Å². The van der Waals surface area contributed by atoms with Crippen molar-refractivity contribution in [1.82, 2.24) is 15.0 Å². The smallest absolute Gasteiger partial charge is 0.381 e. The monoisotopic (exact) mass is 1560 g/mol. The number of aromatic hydroxyl groups is 2. The number of allylic oxidation sites excluding steroid dienone is 2. The SMILES string of the molecule is C.CC(=O)C=C(C)O.CC(C)(C)c1cc(-c2cc(C(C)(C)C)cc(-c3ccccc3O)n2)nc(-c2ccccc2O)c1.FC(F)(F)c1c[c-]c(-c2ccc3ccccc3n2)cc1.[Ir].[Pt].c1ccc(N(c2ccccc2)c2cc[n+]3c(c2)-c2ccccc2C3)cc1. The number of fused-ring (bicyclic) bond motifs is 4. The van der Waals surface area contributed by atoms with Gasteiger partial charge in [-0.2, -0.15) is 17.7 Å². The van der Waals surface area contributed by atoms with Gasteiger partial charge in [0.1, 0.15) is 11.5 Å². The van der Waals surface area contributed by atoms with Gasteiger partial charge in [0.25, 0.3) is 0 Å². The van der Waals surface area contributed by atoms with Crippen LogP contribution in [0.1, 0.15) is 85.1 Å². The molecule has 0 saturated heterocycles.